The van der Waals surface area contributed by atoms with Crippen LogP contribution in [0, 0.1) is 50.7 Å². The Balaban J connectivity index is 1.26. The van der Waals surface area contributed by atoms with E-state index in [1.165, 1.54) is 6.92 Å². The van der Waals surface area contributed by atoms with E-state index < -0.39 is 36.8 Å². The van der Waals surface area contributed by atoms with Crippen molar-refractivity contribution in [3.8, 4) is 0 Å². The van der Waals surface area contributed by atoms with Gasteiger partial charge in [0.15, 0.2) is 6.29 Å². The van der Waals surface area contributed by atoms with Gasteiger partial charge in [-0.05, 0) is 113 Å². The number of allylic oxidation sites excluding steroid dienone is 1. The molecule has 14 atom stereocenters. The van der Waals surface area contributed by atoms with Gasteiger partial charge >= 0.3 is 5.97 Å². The number of hydrogen-bond donors (Lipinski definition) is 4. The summed E-state index contributed by atoms with van der Waals surface area (Å²) in [7, 11) is 1.66. The van der Waals surface area contributed by atoms with Crippen molar-refractivity contribution in [2.75, 3.05) is 13.7 Å². The molecule has 8 nitrogen and oxygen atoms in total. The molecule has 6 rings (SSSR count). The number of carbonyl (C=O) groups excluding carboxylic acids is 1. The average Bonchev–Trinajstić information content (AvgIpc) is 3.27. The SMILES string of the molecule is CO[C@H]1O[C@@H]([C@H](O)[C@](C)(O)CO)C[C@H]1[C@@H]1CC[C@]23C[C@]12CC[C@@H]1[C@@]2(C)CC[C@H](OC(=O)C=C(C)C)C(C)(C)[C@@H]2C[C@@H](O)[C@]13C. The lowest BCUT2D eigenvalue weighted by Gasteiger charge is -2.68. The zero-order chi connectivity index (χ0) is 32.3. The molecule has 0 aromatic heterocycles. The van der Waals surface area contributed by atoms with Crippen LogP contribution in [0.15, 0.2) is 11.6 Å². The van der Waals surface area contributed by atoms with Crippen LogP contribution in [0.2, 0.25) is 0 Å². The van der Waals surface area contributed by atoms with Gasteiger partial charge < -0.3 is 34.6 Å². The van der Waals surface area contributed by atoms with Crippen LogP contribution in [0.4, 0.5) is 0 Å². The third-order valence-corrected chi connectivity index (χ3v) is 15.0. The molecule has 1 aliphatic heterocycles. The van der Waals surface area contributed by atoms with Crippen LogP contribution >= 0.6 is 0 Å². The first-order valence-corrected chi connectivity index (χ1v) is 17.2. The maximum absolute atomic E-state index is 12.7. The van der Waals surface area contributed by atoms with Gasteiger partial charge in [-0.25, -0.2) is 4.79 Å². The Labute approximate surface area is 263 Å². The van der Waals surface area contributed by atoms with Crippen LogP contribution in [0.25, 0.3) is 0 Å². The van der Waals surface area contributed by atoms with E-state index in [0.29, 0.717) is 18.3 Å². The van der Waals surface area contributed by atoms with E-state index in [1.807, 2.05) is 13.8 Å². The van der Waals surface area contributed by atoms with E-state index in [-0.39, 0.29) is 51.0 Å². The Morgan fingerprint density at radius 3 is 2.41 bits per heavy atom. The van der Waals surface area contributed by atoms with E-state index in [0.717, 1.165) is 56.9 Å². The summed E-state index contributed by atoms with van der Waals surface area (Å²) in [6, 6.07) is 0. The number of ether oxygens (including phenoxy) is 3. The Kier molecular flexibility index (Phi) is 7.84. The maximum Gasteiger partial charge on any atom is 0.330 e. The number of aliphatic hydroxyl groups excluding tert-OH is 3. The summed E-state index contributed by atoms with van der Waals surface area (Å²) in [5.74, 6) is 0.834. The van der Waals surface area contributed by atoms with Crippen molar-refractivity contribution in [1.82, 2.24) is 0 Å². The average molecular weight is 619 g/mol. The van der Waals surface area contributed by atoms with E-state index >= 15 is 0 Å². The van der Waals surface area contributed by atoms with Crippen molar-refractivity contribution in [3.63, 3.8) is 0 Å². The lowest BCUT2D eigenvalue weighted by molar-refractivity contribution is -0.245. The fourth-order valence-corrected chi connectivity index (χ4v) is 12.9. The molecule has 1 saturated heterocycles. The van der Waals surface area contributed by atoms with Crippen LogP contribution in [0.5, 0.6) is 0 Å². The summed E-state index contributed by atoms with van der Waals surface area (Å²) >= 11 is 0. The Morgan fingerprint density at radius 1 is 1.07 bits per heavy atom. The predicted molar refractivity (Wildman–Crippen MR) is 165 cm³/mol. The summed E-state index contributed by atoms with van der Waals surface area (Å²) in [6.45, 7) is 14.1. The second-order valence-electron chi connectivity index (χ2n) is 17.4. The Bertz CT molecular complexity index is 1180. The number of rotatable bonds is 7. The highest BCUT2D eigenvalue weighted by molar-refractivity contribution is 5.82. The largest absolute Gasteiger partial charge is 0.459 e. The number of fused-ring (bicyclic) bond motifs is 3. The molecule has 5 aliphatic carbocycles. The molecule has 44 heavy (non-hydrogen) atoms. The summed E-state index contributed by atoms with van der Waals surface area (Å²) in [4.78, 5) is 12.7. The molecule has 8 heteroatoms. The lowest BCUT2D eigenvalue weighted by Crippen LogP contribution is -2.66. The molecule has 5 saturated carbocycles. The van der Waals surface area contributed by atoms with E-state index in [4.69, 9.17) is 14.2 Å². The standard InChI is InChI=1S/C36H58O8/c1-20(2)15-28(39)44-27-11-12-32(5)24-10-13-35-18-36(35,34(24,7)26(38)17-25(32)31(27,3)4)14-9-22(35)21-16-23(43-30(21)42-8)29(40)33(6,41)19-37/h15,21-27,29-30,37-38,40-41H,9-14,16-19H2,1-8H3/t21-,22-,23+,24+,25-,26+,27-,29-,30-,32+,33+,34-,35+,36+/m0/s1. The summed E-state index contributed by atoms with van der Waals surface area (Å²) in [5, 5.41) is 43.5. The summed E-state index contributed by atoms with van der Waals surface area (Å²) in [5.41, 5.74) is -0.902. The number of methoxy groups -OCH3 is 1. The zero-order valence-corrected chi connectivity index (χ0v) is 28.3. The minimum absolute atomic E-state index is 0.0507. The highest BCUT2D eigenvalue weighted by Crippen LogP contribution is 2.91. The highest BCUT2D eigenvalue weighted by atomic mass is 16.7. The summed E-state index contributed by atoms with van der Waals surface area (Å²) in [6.07, 6.45) is 7.35. The quantitative estimate of drug-likeness (QED) is 0.238. The molecular formula is C36H58O8. The lowest BCUT2D eigenvalue weighted by atomic mass is 9.37. The molecular weight excluding hydrogens is 560 g/mol. The third kappa shape index (κ3) is 4.26. The van der Waals surface area contributed by atoms with E-state index in [1.54, 1.807) is 13.2 Å². The van der Waals surface area contributed by atoms with Crippen LogP contribution in [-0.4, -0.2) is 76.4 Å². The number of carbonyl (C=O) groups is 1. The molecule has 6 aliphatic rings. The van der Waals surface area contributed by atoms with Gasteiger partial charge in [-0.15, -0.1) is 0 Å². The smallest absolute Gasteiger partial charge is 0.330 e. The highest BCUT2D eigenvalue weighted by Gasteiger charge is 2.86. The fourth-order valence-electron chi connectivity index (χ4n) is 12.9. The van der Waals surface area contributed by atoms with Gasteiger partial charge in [0, 0.05) is 29.9 Å². The van der Waals surface area contributed by atoms with Gasteiger partial charge in [0.25, 0.3) is 0 Å². The molecule has 0 aromatic carbocycles. The fraction of sp³-hybridized carbons (Fsp3) is 0.917. The van der Waals surface area contributed by atoms with Crippen LogP contribution in [-0.2, 0) is 19.0 Å². The maximum atomic E-state index is 12.7. The summed E-state index contributed by atoms with van der Waals surface area (Å²) < 4.78 is 18.2. The van der Waals surface area contributed by atoms with Gasteiger partial charge in [-0.1, -0.05) is 33.3 Å². The van der Waals surface area contributed by atoms with Crippen LogP contribution in [0.1, 0.15) is 106 Å². The van der Waals surface area contributed by atoms with Gasteiger partial charge in [-0.2, -0.15) is 0 Å². The molecule has 0 radical (unpaired) electrons. The monoisotopic (exact) mass is 618 g/mol. The van der Waals surface area contributed by atoms with Crippen molar-refractivity contribution in [2.45, 2.75) is 143 Å². The first-order valence-electron chi connectivity index (χ1n) is 17.2. The van der Waals surface area contributed by atoms with Crippen molar-refractivity contribution in [2.24, 2.45) is 50.7 Å². The van der Waals surface area contributed by atoms with Crippen molar-refractivity contribution in [1.29, 1.82) is 0 Å². The first kappa shape index (κ1) is 32.9. The molecule has 0 amide bonds. The number of esters is 1. The minimum atomic E-state index is -1.64. The molecule has 0 spiro atoms. The molecule has 0 bridgehead atoms. The van der Waals surface area contributed by atoms with Crippen LogP contribution in [0.3, 0.4) is 0 Å². The zero-order valence-electron chi connectivity index (χ0n) is 28.3. The minimum Gasteiger partial charge on any atom is -0.459 e. The molecule has 250 valence electrons. The Morgan fingerprint density at radius 2 is 1.77 bits per heavy atom. The van der Waals surface area contributed by atoms with Crippen molar-refractivity contribution >= 4 is 5.97 Å². The third-order valence-electron chi connectivity index (χ3n) is 15.0. The van der Waals surface area contributed by atoms with Gasteiger partial charge in [0.1, 0.15) is 17.8 Å². The molecule has 1 heterocycles. The van der Waals surface area contributed by atoms with Gasteiger partial charge in [-0.3, -0.25) is 0 Å². The second kappa shape index (κ2) is 10.5. The topological polar surface area (TPSA) is 126 Å². The second-order valence-corrected chi connectivity index (χ2v) is 17.4. The normalized spacial score (nSPS) is 50.7. The Hall–Kier alpha value is -1.03. The molecule has 0 aromatic rings. The molecule has 0 unspecified atom stereocenters. The molecule has 6 fully saturated rings. The van der Waals surface area contributed by atoms with Gasteiger partial charge in [0.2, 0.25) is 0 Å². The van der Waals surface area contributed by atoms with Gasteiger partial charge in [0.05, 0.1) is 18.8 Å². The first-order chi connectivity index (χ1) is 20.4. The van der Waals surface area contributed by atoms with Crippen LogP contribution < -0.4 is 0 Å². The molecule has 4 N–H and O–H groups in total. The number of hydrogen-bond acceptors (Lipinski definition) is 8. The van der Waals surface area contributed by atoms with E-state index in [2.05, 4.69) is 27.7 Å². The number of aliphatic hydroxyl groups is 4. The van der Waals surface area contributed by atoms with Crippen molar-refractivity contribution in [3.05, 3.63) is 11.6 Å². The van der Waals surface area contributed by atoms with Crippen molar-refractivity contribution < 1.29 is 39.4 Å². The van der Waals surface area contributed by atoms with E-state index in [9.17, 15) is 25.2 Å². The predicted octanol–water partition coefficient (Wildman–Crippen LogP) is 4.76.